The molecule has 4 aromatic rings. The molecule has 0 spiro atoms. The Morgan fingerprint density at radius 2 is 1.93 bits per heavy atom. The fraction of sp³-hybridized carbons (Fsp3) is 0.320. The number of hydrogen-bond acceptors (Lipinski definition) is 3. The Bertz CT molecular complexity index is 1130. The molecule has 1 N–H and O–H groups in total. The summed E-state index contributed by atoms with van der Waals surface area (Å²) in [5.74, 6) is 1.69. The number of hydrogen-bond donors (Lipinski definition) is 1. The van der Waals surface area contributed by atoms with Crippen LogP contribution in [0.1, 0.15) is 45.1 Å². The van der Waals surface area contributed by atoms with Gasteiger partial charge in [-0.2, -0.15) is 0 Å². The molecule has 0 aliphatic carbocycles. The molecule has 5 rings (SSSR count). The zero-order valence-electron chi connectivity index (χ0n) is 18.0. The quantitative estimate of drug-likeness (QED) is 0.391. The summed E-state index contributed by atoms with van der Waals surface area (Å²) in [5.41, 5.74) is 5.15. The highest BCUT2D eigenvalue weighted by Gasteiger charge is 2.25. The monoisotopic (exact) mass is 405 g/mol. The minimum atomic E-state index is -0.262. The number of fused-ring (bicyclic) bond motifs is 2. The van der Waals surface area contributed by atoms with Crippen molar-refractivity contribution >= 4 is 16.7 Å². The standard InChI is InChI=1S/C23H22FN3O.C2H6/c1-14-4-3-11-27(2)19-13-20-18(12-17(14)19)21(23-25-9-10-26-23)22(28-20)15-5-7-16(24)8-6-15;1-2/h5-10,12-14H,3-4,11H2,1-2H3,(H,25,26);1-2H3. The van der Waals surface area contributed by atoms with Gasteiger partial charge >= 0.3 is 0 Å². The third kappa shape index (κ3) is 3.49. The summed E-state index contributed by atoms with van der Waals surface area (Å²) in [6.07, 6.45) is 5.89. The van der Waals surface area contributed by atoms with Crippen LogP contribution in [0.3, 0.4) is 0 Å². The van der Waals surface area contributed by atoms with Gasteiger partial charge in [-0.15, -0.1) is 0 Å². The highest BCUT2D eigenvalue weighted by atomic mass is 19.1. The normalized spacial score (nSPS) is 16.0. The third-order valence-electron chi connectivity index (χ3n) is 5.75. The number of H-pyrrole nitrogens is 1. The van der Waals surface area contributed by atoms with Gasteiger partial charge in [-0.3, -0.25) is 0 Å². The van der Waals surface area contributed by atoms with Crippen LogP contribution in [0.15, 0.2) is 53.2 Å². The van der Waals surface area contributed by atoms with Gasteiger partial charge in [0.25, 0.3) is 0 Å². The molecule has 1 unspecified atom stereocenters. The van der Waals surface area contributed by atoms with Gasteiger partial charge in [-0.25, -0.2) is 9.37 Å². The van der Waals surface area contributed by atoms with Crippen LogP contribution in [0, 0.1) is 5.82 Å². The lowest BCUT2D eigenvalue weighted by molar-refractivity contribution is 0.623. The Morgan fingerprint density at radius 1 is 1.17 bits per heavy atom. The highest BCUT2D eigenvalue weighted by molar-refractivity contribution is 6.02. The van der Waals surface area contributed by atoms with Gasteiger partial charge in [0, 0.05) is 48.7 Å². The molecule has 0 radical (unpaired) electrons. The van der Waals surface area contributed by atoms with Gasteiger partial charge in [0.05, 0.1) is 5.56 Å². The molecule has 2 aromatic heterocycles. The maximum Gasteiger partial charge on any atom is 0.146 e. The lowest BCUT2D eigenvalue weighted by atomic mass is 9.93. The fourth-order valence-electron chi connectivity index (χ4n) is 4.23. The maximum atomic E-state index is 13.5. The fourth-order valence-corrected chi connectivity index (χ4v) is 4.23. The molecule has 1 aliphatic rings. The molecule has 0 bridgehead atoms. The minimum absolute atomic E-state index is 0.262. The second kappa shape index (κ2) is 8.34. The van der Waals surface area contributed by atoms with E-state index in [4.69, 9.17) is 4.42 Å². The summed E-state index contributed by atoms with van der Waals surface area (Å²) < 4.78 is 19.8. The Kier molecular flexibility index (Phi) is 5.62. The molecule has 1 atom stereocenters. The van der Waals surface area contributed by atoms with Crippen molar-refractivity contribution in [2.24, 2.45) is 0 Å². The SMILES string of the molecule is CC.CC1CCCN(C)c2cc3oc(-c4ccc(F)cc4)c(-c4ncc[nH]4)c3cc21. The number of anilines is 1. The van der Waals surface area contributed by atoms with Crippen molar-refractivity contribution in [3.05, 3.63) is 60.2 Å². The van der Waals surface area contributed by atoms with Crippen molar-refractivity contribution in [1.82, 2.24) is 9.97 Å². The second-order valence-electron chi connectivity index (χ2n) is 7.62. The number of aromatic nitrogens is 2. The number of nitrogens with one attached hydrogen (secondary N) is 1. The zero-order chi connectivity index (χ0) is 21.3. The van der Waals surface area contributed by atoms with Crippen LogP contribution < -0.4 is 4.90 Å². The van der Waals surface area contributed by atoms with Crippen molar-refractivity contribution in [3.63, 3.8) is 0 Å². The van der Waals surface area contributed by atoms with Crippen LogP contribution in [0.4, 0.5) is 10.1 Å². The van der Waals surface area contributed by atoms with E-state index in [1.54, 1.807) is 18.3 Å². The van der Waals surface area contributed by atoms with Crippen LogP contribution in [-0.2, 0) is 0 Å². The first-order valence-electron chi connectivity index (χ1n) is 10.7. The van der Waals surface area contributed by atoms with E-state index in [9.17, 15) is 4.39 Å². The number of rotatable bonds is 2. The van der Waals surface area contributed by atoms with E-state index >= 15 is 0 Å². The van der Waals surface area contributed by atoms with Gasteiger partial charge in [0.2, 0.25) is 0 Å². The van der Waals surface area contributed by atoms with Crippen molar-refractivity contribution in [1.29, 1.82) is 0 Å². The molecule has 4 nitrogen and oxygen atoms in total. The predicted molar refractivity (Wildman–Crippen MR) is 121 cm³/mol. The molecule has 0 saturated carbocycles. The summed E-state index contributed by atoms with van der Waals surface area (Å²) >= 11 is 0. The highest BCUT2D eigenvalue weighted by Crippen LogP contribution is 2.44. The van der Waals surface area contributed by atoms with Crippen LogP contribution in [0.5, 0.6) is 0 Å². The molecule has 0 saturated heterocycles. The van der Waals surface area contributed by atoms with E-state index in [0.29, 0.717) is 11.7 Å². The predicted octanol–water partition coefficient (Wildman–Crippen LogP) is 6.99. The number of nitrogens with zero attached hydrogens (tertiary/aromatic N) is 2. The van der Waals surface area contributed by atoms with Gasteiger partial charge in [-0.05, 0) is 54.7 Å². The number of imidazole rings is 1. The van der Waals surface area contributed by atoms with Crippen molar-refractivity contribution in [2.45, 2.75) is 39.5 Å². The molecule has 30 heavy (non-hydrogen) atoms. The van der Waals surface area contributed by atoms with E-state index in [1.165, 1.54) is 36.2 Å². The van der Waals surface area contributed by atoms with E-state index in [1.807, 2.05) is 20.0 Å². The van der Waals surface area contributed by atoms with Crippen LogP contribution in [0.25, 0.3) is 33.7 Å². The lowest BCUT2D eigenvalue weighted by Gasteiger charge is -2.20. The second-order valence-corrected chi connectivity index (χ2v) is 7.62. The zero-order valence-corrected chi connectivity index (χ0v) is 18.0. The Labute approximate surface area is 176 Å². The molecule has 5 heteroatoms. The first-order valence-corrected chi connectivity index (χ1v) is 10.7. The molecule has 3 heterocycles. The van der Waals surface area contributed by atoms with E-state index in [-0.39, 0.29) is 5.82 Å². The van der Waals surface area contributed by atoms with E-state index in [0.717, 1.165) is 34.5 Å². The van der Waals surface area contributed by atoms with Crippen molar-refractivity contribution < 1.29 is 8.81 Å². The lowest BCUT2D eigenvalue weighted by Crippen LogP contribution is -2.17. The van der Waals surface area contributed by atoms with Crippen LogP contribution in [0.2, 0.25) is 0 Å². The molecule has 0 fully saturated rings. The number of benzene rings is 2. The first-order chi connectivity index (χ1) is 14.6. The molecule has 2 aromatic carbocycles. The average Bonchev–Trinajstić information content (AvgIpc) is 3.39. The Hall–Kier alpha value is -3.08. The van der Waals surface area contributed by atoms with Gasteiger partial charge in [0.15, 0.2) is 0 Å². The Morgan fingerprint density at radius 3 is 2.63 bits per heavy atom. The van der Waals surface area contributed by atoms with Gasteiger partial charge in [0.1, 0.15) is 23.0 Å². The molecular formula is C25H28FN3O. The van der Waals surface area contributed by atoms with Crippen molar-refractivity contribution in [2.75, 3.05) is 18.5 Å². The molecule has 1 aliphatic heterocycles. The average molecular weight is 406 g/mol. The molecular weight excluding hydrogens is 377 g/mol. The van der Waals surface area contributed by atoms with Gasteiger partial charge < -0.3 is 14.3 Å². The number of furan rings is 1. The summed E-state index contributed by atoms with van der Waals surface area (Å²) in [6, 6.07) is 10.8. The van der Waals surface area contributed by atoms with E-state index in [2.05, 4.69) is 41.0 Å². The van der Waals surface area contributed by atoms with E-state index < -0.39 is 0 Å². The largest absolute Gasteiger partial charge is 0.455 e. The Balaban J connectivity index is 0.00000106. The topological polar surface area (TPSA) is 45.1 Å². The summed E-state index contributed by atoms with van der Waals surface area (Å²) in [6.45, 7) is 7.33. The molecule has 156 valence electrons. The smallest absolute Gasteiger partial charge is 0.146 e. The van der Waals surface area contributed by atoms with Gasteiger partial charge in [-0.1, -0.05) is 20.8 Å². The summed E-state index contributed by atoms with van der Waals surface area (Å²) in [7, 11) is 2.14. The molecule has 0 amide bonds. The van der Waals surface area contributed by atoms with Crippen LogP contribution >= 0.6 is 0 Å². The third-order valence-corrected chi connectivity index (χ3v) is 5.75. The number of aromatic amines is 1. The number of halogens is 1. The summed E-state index contributed by atoms with van der Waals surface area (Å²) in [4.78, 5) is 10.00. The summed E-state index contributed by atoms with van der Waals surface area (Å²) in [5, 5.41) is 1.04. The van der Waals surface area contributed by atoms with Crippen LogP contribution in [-0.4, -0.2) is 23.6 Å². The van der Waals surface area contributed by atoms with Crippen molar-refractivity contribution in [3.8, 4) is 22.7 Å². The minimum Gasteiger partial charge on any atom is -0.455 e. The maximum absolute atomic E-state index is 13.5. The first kappa shape index (κ1) is 20.2.